The number of nitrogens with one attached hydrogen (secondary N) is 1. The molecule has 2 aromatic carbocycles. The molecule has 1 aromatic heterocycles. The van der Waals surface area contributed by atoms with Gasteiger partial charge in [0.1, 0.15) is 0 Å². The highest BCUT2D eigenvalue weighted by atomic mass is 35.5. The predicted molar refractivity (Wildman–Crippen MR) is 121 cm³/mol. The lowest BCUT2D eigenvalue weighted by Gasteiger charge is -2.14. The number of aryl methyl sites for hydroxylation is 1. The summed E-state index contributed by atoms with van der Waals surface area (Å²) < 4.78 is 5.39. The molecule has 1 heterocycles. The van der Waals surface area contributed by atoms with Crippen LogP contribution in [-0.2, 0) is 22.4 Å². The molecule has 7 heteroatoms. The molecule has 3 rings (SSSR count). The van der Waals surface area contributed by atoms with E-state index in [0.717, 1.165) is 24.1 Å². The maximum atomic E-state index is 12.3. The SMILES string of the molecule is Cl.O=C(Cc1ccccc1Nc1c(Cl)cccc1Cl)OCCCc1ccncc1. The molecule has 0 aliphatic carbocycles. The van der Waals surface area contributed by atoms with Crippen LogP contribution in [0.1, 0.15) is 17.5 Å². The molecule has 0 aliphatic rings. The van der Waals surface area contributed by atoms with Gasteiger partial charge in [-0.05, 0) is 54.3 Å². The zero-order valence-corrected chi connectivity index (χ0v) is 17.9. The highest BCUT2D eigenvalue weighted by Crippen LogP contribution is 2.33. The van der Waals surface area contributed by atoms with Gasteiger partial charge in [-0.3, -0.25) is 9.78 Å². The Morgan fingerprint density at radius 2 is 1.66 bits per heavy atom. The number of aromatic nitrogens is 1. The van der Waals surface area contributed by atoms with Crippen LogP contribution in [0.3, 0.4) is 0 Å². The minimum Gasteiger partial charge on any atom is -0.465 e. The Labute approximate surface area is 186 Å². The summed E-state index contributed by atoms with van der Waals surface area (Å²) in [5.74, 6) is -0.269. The number of halogens is 3. The predicted octanol–water partition coefficient (Wildman–Crippen LogP) is 6.27. The number of hydrogen-bond acceptors (Lipinski definition) is 4. The van der Waals surface area contributed by atoms with Crippen molar-refractivity contribution in [3.05, 3.63) is 88.2 Å². The number of nitrogens with zero attached hydrogens (tertiary/aromatic N) is 1. The van der Waals surface area contributed by atoms with E-state index in [2.05, 4.69) is 10.3 Å². The number of benzene rings is 2. The van der Waals surface area contributed by atoms with E-state index in [4.69, 9.17) is 27.9 Å². The molecule has 0 atom stereocenters. The Morgan fingerprint density at radius 1 is 0.966 bits per heavy atom. The molecule has 0 fully saturated rings. The highest BCUT2D eigenvalue weighted by Gasteiger charge is 2.12. The van der Waals surface area contributed by atoms with Crippen molar-refractivity contribution >= 4 is 53.0 Å². The Kier molecular flexibility index (Phi) is 9.26. The van der Waals surface area contributed by atoms with Gasteiger partial charge >= 0.3 is 5.97 Å². The van der Waals surface area contributed by atoms with Crippen LogP contribution in [0.15, 0.2) is 67.0 Å². The number of hydrogen-bond donors (Lipinski definition) is 1. The van der Waals surface area contributed by atoms with Gasteiger partial charge in [-0.25, -0.2) is 0 Å². The fourth-order valence-corrected chi connectivity index (χ4v) is 3.26. The first-order valence-electron chi connectivity index (χ1n) is 8.97. The average molecular weight is 452 g/mol. The first kappa shape index (κ1) is 23.0. The number of pyridine rings is 1. The molecule has 0 radical (unpaired) electrons. The van der Waals surface area contributed by atoms with Crippen LogP contribution < -0.4 is 5.32 Å². The Bertz CT molecular complexity index is 916. The van der Waals surface area contributed by atoms with Crippen LogP contribution in [-0.4, -0.2) is 17.6 Å². The van der Waals surface area contributed by atoms with Gasteiger partial charge in [0.05, 0.1) is 28.8 Å². The number of carbonyl (C=O) groups is 1. The fraction of sp³-hybridized carbons (Fsp3) is 0.182. The van der Waals surface area contributed by atoms with Gasteiger partial charge in [0, 0.05) is 18.1 Å². The molecule has 0 aliphatic heterocycles. The van der Waals surface area contributed by atoms with Crippen LogP contribution in [0, 0.1) is 0 Å². The Morgan fingerprint density at radius 3 is 2.38 bits per heavy atom. The normalized spacial score (nSPS) is 10.1. The molecule has 0 unspecified atom stereocenters. The molecule has 29 heavy (non-hydrogen) atoms. The van der Waals surface area contributed by atoms with Gasteiger partial charge < -0.3 is 10.1 Å². The monoisotopic (exact) mass is 450 g/mol. The summed E-state index contributed by atoms with van der Waals surface area (Å²) in [5, 5.41) is 4.26. The summed E-state index contributed by atoms with van der Waals surface area (Å²) in [6.45, 7) is 0.382. The first-order chi connectivity index (χ1) is 13.6. The largest absolute Gasteiger partial charge is 0.465 e. The third kappa shape index (κ3) is 6.93. The summed E-state index contributed by atoms with van der Waals surface area (Å²) in [6.07, 6.45) is 5.30. The summed E-state index contributed by atoms with van der Waals surface area (Å²) in [5.41, 5.74) is 3.38. The topological polar surface area (TPSA) is 51.2 Å². The van der Waals surface area contributed by atoms with Crippen molar-refractivity contribution < 1.29 is 9.53 Å². The standard InChI is InChI=1S/C22H20Cl2N2O2.ClH/c23-18-7-3-8-19(24)22(18)26-20-9-2-1-6-17(20)15-21(27)28-14-4-5-16-10-12-25-13-11-16;/h1-3,6-13,26H,4-5,14-15H2;1H. The molecule has 3 aromatic rings. The second-order valence-electron chi connectivity index (χ2n) is 6.24. The van der Waals surface area contributed by atoms with Crippen molar-refractivity contribution in [1.29, 1.82) is 0 Å². The summed E-state index contributed by atoms with van der Waals surface area (Å²) in [7, 11) is 0. The summed E-state index contributed by atoms with van der Waals surface area (Å²) >= 11 is 12.5. The van der Waals surface area contributed by atoms with E-state index in [9.17, 15) is 4.79 Å². The number of rotatable bonds is 8. The molecular formula is C22H21Cl3N2O2. The van der Waals surface area contributed by atoms with Crippen molar-refractivity contribution in [3.63, 3.8) is 0 Å². The van der Waals surface area contributed by atoms with Crippen molar-refractivity contribution in [1.82, 2.24) is 4.98 Å². The smallest absolute Gasteiger partial charge is 0.310 e. The lowest BCUT2D eigenvalue weighted by Crippen LogP contribution is -2.11. The number of ether oxygens (including phenoxy) is 1. The minimum atomic E-state index is -0.269. The number of esters is 1. The molecule has 0 spiro atoms. The Hall–Kier alpha value is -2.27. The van der Waals surface area contributed by atoms with E-state index in [1.54, 1.807) is 30.6 Å². The molecule has 4 nitrogen and oxygen atoms in total. The quantitative estimate of drug-likeness (QED) is 0.324. The second kappa shape index (κ2) is 11.7. The minimum absolute atomic E-state index is 0. The van der Waals surface area contributed by atoms with Gasteiger partial charge in [0.2, 0.25) is 0 Å². The summed E-state index contributed by atoms with van der Waals surface area (Å²) in [4.78, 5) is 16.2. The molecule has 0 saturated heterocycles. The van der Waals surface area contributed by atoms with Crippen LogP contribution in [0.5, 0.6) is 0 Å². The third-order valence-corrected chi connectivity index (χ3v) is 4.83. The maximum absolute atomic E-state index is 12.3. The number of carbonyl (C=O) groups excluding carboxylic acids is 1. The van der Waals surface area contributed by atoms with Gasteiger partial charge in [0.25, 0.3) is 0 Å². The van der Waals surface area contributed by atoms with Crippen LogP contribution in [0.2, 0.25) is 10.0 Å². The van der Waals surface area contributed by atoms with Gasteiger partial charge in [0.15, 0.2) is 0 Å². The van der Waals surface area contributed by atoms with E-state index in [0.29, 0.717) is 22.3 Å². The Balaban J connectivity index is 0.00000300. The van der Waals surface area contributed by atoms with Crippen molar-refractivity contribution in [2.45, 2.75) is 19.3 Å². The average Bonchev–Trinajstić information content (AvgIpc) is 2.70. The molecule has 152 valence electrons. The van der Waals surface area contributed by atoms with Crippen molar-refractivity contribution in [2.24, 2.45) is 0 Å². The number of para-hydroxylation sites is 2. The van der Waals surface area contributed by atoms with E-state index in [-0.39, 0.29) is 24.8 Å². The third-order valence-electron chi connectivity index (χ3n) is 4.20. The molecule has 0 amide bonds. The van der Waals surface area contributed by atoms with Gasteiger partial charge in [-0.1, -0.05) is 47.5 Å². The van der Waals surface area contributed by atoms with E-state index < -0.39 is 0 Å². The van der Waals surface area contributed by atoms with Gasteiger partial charge in [-0.2, -0.15) is 0 Å². The van der Waals surface area contributed by atoms with Crippen LogP contribution in [0.4, 0.5) is 11.4 Å². The zero-order chi connectivity index (χ0) is 19.8. The lowest BCUT2D eigenvalue weighted by molar-refractivity contribution is -0.142. The fourth-order valence-electron chi connectivity index (χ4n) is 2.77. The highest BCUT2D eigenvalue weighted by molar-refractivity contribution is 6.39. The molecule has 1 N–H and O–H groups in total. The van der Waals surface area contributed by atoms with Gasteiger partial charge in [-0.15, -0.1) is 12.4 Å². The molecular weight excluding hydrogens is 431 g/mol. The first-order valence-corrected chi connectivity index (χ1v) is 9.72. The van der Waals surface area contributed by atoms with Crippen LogP contribution >= 0.6 is 35.6 Å². The zero-order valence-electron chi connectivity index (χ0n) is 15.6. The number of anilines is 2. The van der Waals surface area contributed by atoms with E-state index in [1.807, 2.05) is 36.4 Å². The second-order valence-corrected chi connectivity index (χ2v) is 7.05. The van der Waals surface area contributed by atoms with Crippen molar-refractivity contribution in [2.75, 3.05) is 11.9 Å². The molecule has 0 saturated carbocycles. The summed E-state index contributed by atoms with van der Waals surface area (Å²) in [6, 6.07) is 16.8. The van der Waals surface area contributed by atoms with Crippen LogP contribution in [0.25, 0.3) is 0 Å². The van der Waals surface area contributed by atoms with E-state index in [1.165, 1.54) is 5.56 Å². The lowest BCUT2D eigenvalue weighted by atomic mass is 10.1. The maximum Gasteiger partial charge on any atom is 0.310 e. The van der Waals surface area contributed by atoms with E-state index >= 15 is 0 Å². The molecule has 0 bridgehead atoms. The van der Waals surface area contributed by atoms with Crippen molar-refractivity contribution in [3.8, 4) is 0 Å².